The van der Waals surface area contributed by atoms with E-state index in [1.54, 1.807) is 16.7 Å². The summed E-state index contributed by atoms with van der Waals surface area (Å²) in [5, 5.41) is 2.96. The Morgan fingerprint density at radius 3 is 2.17 bits per heavy atom. The predicted octanol–water partition coefficient (Wildman–Crippen LogP) is 4.64. The molecule has 0 fully saturated rings. The van der Waals surface area contributed by atoms with Crippen molar-refractivity contribution in [2.45, 2.75) is 51.4 Å². The lowest BCUT2D eigenvalue weighted by molar-refractivity contribution is -0.141. The molecule has 2 aromatic carbocycles. The van der Waals surface area contributed by atoms with Crippen molar-refractivity contribution in [3.63, 3.8) is 0 Å². The number of benzene rings is 2. The quantitative estimate of drug-likeness (QED) is 0.517. The highest BCUT2D eigenvalue weighted by atomic mass is 32.2. The van der Waals surface area contributed by atoms with Crippen LogP contribution in [0.4, 0.5) is 0 Å². The summed E-state index contributed by atoms with van der Waals surface area (Å²) in [6, 6.07) is 19.7. The molecule has 2 rings (SSSR count). The van der Waals surface area contributed by atoms with Crippen LogP contribution in [0.2, 0.25) is 0 Å². The summed E-state index contributed by atoms with van der Waals surface area (Å²) in [5.41, 5.74) is 2.30. The first-order valence-electron chi connectivity index (χ1n) is 10.4. The summed E-state index contributed by atoms with van der Waals surface area (Å²) in [6.45, 7) is 5.08. The number of hydrogen-bond acceptors (Lipinski definition) is 3. The molecule has 0 aliphatic carbocycles. The first kappa shape index (κ1) is 23.0. The van der Waals surface area contributed by atoms with Gasteiger partial charge in [0.05, 0.1) is 0 Å². The summed E-state index contributed by atoms with van der Waals surface area (Å²) in [4.78, 5) is 27.5. The highest BCUT2D eigenvalue weighted by Crippen LogP contribution is 2.17. The second kappa shape index (κ2) is 13.0. The Morgan fingerprint density at radius 1 is 0.966 bits per heavy atom. The number of nitrogens with one attached hydrogen (secondary N) is 1. The van der Waals surface area contributed by atoms with Crippen molar-refractivity contribution in [3.05, 3.63) is 71.8 Å². The molecule has 2 amide bonds. The van der Waals surface area contributed by atoms with E-state index in [-0.39, 0.29) is 11.8 Å². The zero-order chi connectivity index (χ0) is 20.9. The number of rotatable bonds is 12. The highest BCUT2D eigenvalue weighted by Gasteiger charge is 2.28. The zero-order valence-corrected chi connectivity index (χ0v) is 18.3. The molecule has 2 aromatic rings. The van der Waals surface area contributed by atoms with Crippen LogP contribution >= 0.6 is 11.8 Å². The van der Waals surface area contributed by atoms with Crippen LogP contribution in [-0.4, -0.2) is 35.1 Å². The van der Waals surface area contributed by atoms with Crippen LogP contribution in [0.1, 0.15) is 44.2 Å². The van der Waals surface area contributed by atoms with Gasteiger partial charge in [0.15, 0.2) is 0 Å². The normalized spacial score (nSPS) is 11.7. The van der Waals surface area contributed by atoms with Gasteiger partial charge in [0.2, 0.25) is 11.8 Å². The fourth-order valence-corrected chi connectivity index (χ4v) is 4.02. The Morgan fingerprint density at radius 2 is 1.59 bits per heavy atom. The van der Waals surface area contributed by atoms with E-state index in [1.807, 2.05) is 62.4 Å². The van der Waals surface area contributed by atoms with Gasteiger partial charge in [-0.15, -0.1) is 0 Å². The van der Waals surface area contributed by atoms with Crippen LogP contribution < -0.4 is 5.32 Å². The number of thioether (sulfide) groups is 1. The zero-order valence-electron chi connectivity index (χ0n) is 17.5. The SMILES string of the molecule is CCCNC(=O)[C@@H](CC)N(Cc1ccccc1)C(=O)CCSCc1ccccc1. The molecule has 1 N–H and O–H groups in total. The molecule has 29 heavy (non-hydrogen) atoms. The van der Waals surface area contributed by atoms with E-state index < -0.39 is 6.04 Å². The van der Waals surface area contributed by atoms with Gasteiger partial charge in [-0.1, -0.05) is 74.5 Å². The smallest absolute Gasteiger partial charge is 0.242 e. The lowest BCUT2D eigenvalue weighted by atomic mass is 10.1. The van der Waals surface area contributed by atoms with E-state index in [0.717, 1.165) is 23.5 Å². The van der Waals surface area contributed by atoms with E-state index in [9.17, 15) is 9.59 Å². The molecule has 0 aliphatic rings. The van der Waals surface area contributed by atoms with E-state index in [4.69, 9.17) is 0 Å². The van der Waals surface area contributed by atoms with Crippen molar-refractivity contribution in [1.82, 2.24) is 10.2 Å². The summed E-state index contributed by atoms with van der Waals surface area (Å²) < 4.78 is 0. The van der Waals surface area contributed by atoms with Crippen molar-refractivity contribution in [3.8, 4) is 0 Å². The second-order valence-corrected chi connectivity index (χ2v) is 8.12. The van der Waals surface area contributed by atoms with E-state index in [0.29, 0.717) is 25.9 Å². The molecule has 0 saturated heterocycles. The topological polar surface area (TPSA) is 49.4 Å². The van der Waals surface area contributed by atoms with Crippen molar-refractivity contribution in [1.29, 1.82) is 0 Å². The van der Waals surface area contributed by atoms with Crippen LogP contribution in [0.15, 0.2) is 60.7 Å². The molecule has 0 spiro atoms. The monoisotopic (exact) mass is 412 g/mol. The molecule has 0 aliphatic heterocycles. The average Bonchev–Trinajstić information content (AvgIpc) is 2.76. The summed E-state index contributed by atoms with van der Waals surface area (Å²) in [5.74, 6) is 1.61. The summed E-state index contributed by atoms with van der Waals surface area (Å²) in [7, 11) is 0. The van der Waals surface area contributed by atoms with Crippen molar-refractivity contribution in [2.24, 2.45) is 0 Å². The van der Waals surface area contributed by atoms with Crippen LogP contribution in [0, 0.1) is 0 Å². The predicted molar refractivity (Wildman–Crippen MR) is 122 cm³/mol. The largest absolute Gasteiger partial charge is 0.354 e. The van der Waals surface area contributed by atoms with E-state index in [1.165, 1.54) is 5.56 Å². The van der Waals surface area contributed by atoms with Crippen molar-refractivity contribution < 1.29 is 9.59 Å². The summed E-state index contributed by atoms with van der Waals surface area (Å²) in [6.07, 6.45) is 1.91. The fraction of sp³-hybridized carbons (Fsp3) is 0.417. The highest BCUT2D eigenvalue weighted by molar-refractivity contribution is 7.98. The summed E-state index contributed by atoms with van der Waals surface area (Å²) >= 11 is 1.75. The second-order valence-electron chi connectivity index (χ2n) is 7.01. The lowest BCUT2D eigenvalue weighted by Crippen LogP contribution is -2.49. The standard InChI is InChI=1S/C24H32N2O2S/c1-3-16-25-24(28)22(4-2)26(18-20-11-7-5-8-12-20)23(27)15-17-29-19-21-13-9-6-10-14-21/h5-14,22H,3-4,15-19H2,1-2H3,(H,25,28)/t22-/m1/s1. The number of carbonyl (C=O) groups excluding carboxylic acids is 2. The Balaban J connectivity index is 2.00. The van der Waals surface area contributed by atoms with Crippen molar-refractivity contribution >= 4 is 23.6 Å². The Bertz CT molecular complexity index is 737. The molecule has 0 aromatic heterocycles. The molecule has 0 radical (unpaired) electrons. The molecule has 0 unspecified atom stereocenters. The molecule has 0 heterocycles. The van der Waals surface area contributed by atoms with E-state index >= 15 is 0 Å². The van der Waals surface area contributed by atoms with Gasteiger partial charge >= 0.3 is 0 Å². The maximum Gasteiger partial charge on any atom is 0.242 e. The molecule has 156 valence electrons. The van der Waals surface area contributed by atoms with Crippen LogP contribution in [-0.2, 0) is 21.9 Å². The molecule has 1 atom stereocenters. The van der Waals surface area contributed by atoms with E-state index in [2.05, 4.69) is 17.4 Å². The van der Waals surface area contributed by atoms with Crippen LogP contribution in [0.25, 0.3) is 0 Å². The Labute approximate surface area is 179 Å². The van der Waals surface area contributed by atoms with Crippen molar-refractivity contribution in [2.75, 3.05) is 12.3 Å². The van der Waals surface area contributed by atoms with Gasteiger partial charge in [-0.25, -0.2) is 0 Å². The third-order valence-corrected chi connectivity index (χ3v) is 5.73. The van der Waals surface area contributed by atoms with Gasteiger partial charge in [-0.3, -0.25) is 9.59 Å². The minimum Gasteiger partial charge on any atom is -0.354 e. The number of hydrogen-bond donors (Lipinski definition) is 1. The molecule has 4 nitrogen and oxygen atoms in total. The van der Waals surface area contributed by atoms with Crippen LogP contribution in [0.3, 0.4) is 0 Å². The van der Waals surface area contributed by atoms with Gasteiger partial charge in [-0.05, 0) is 24.0 Å². The molecular weight excluding hydrogens is 380 g/mol. The molecule has 5 heteroatoms. The number of carbonyl (C=O) groups is 2. The molecule has 0 bridgehead atoms. The lowest BCUT2D eigenvalue weighted by Gasteiger charge is -2.30. The Hall–Kier alpha value is -2.27. The minimum absolute atomic E-state index is 0.0351. The first-order valence-corrected chi connectivity index (χ1v) is 11.5. The first-order chi connectivity index (χ1) is 14.2. The Kier molecular flexibility index (Phi) is 10.4. The number of nitrogens with zero attached hydrogens (tertiary/aromatic N) is 1. The van der Waals surface area contributed by atoms with Gasteiger partial charge in [-0.2, -0.15) is 11.8 Å². The minimum atomic E-state index is -0.437. The van der Waals surface area contributed by atoms with Gasteiger partial charge < -0.3 is 10.2 Å². The van der Waals surface area contributed by atoms with Gasteiger partial charge in [0, 0.05) is 31.0 Å². The van der Waals surface area contributed by atoms with Gasteiger partial charge in [0.1, 0.15) is 6.04 Å². The third-order valence-electron chi connectivity index (χ3n) is 4.70. The maximum atomic E-state index is 13.1. The maximum absolute atomic E-state index is 13.1. The van der Waals surface area contributed by atoms with Gasteiger partial charge in [0.25, 0.3) is 0 Å². The third kappa shape index (κ3) is 7.94. The molecule has 0 saturated carbocycles. The number of amides is 2. The fourth-order valence-electron chi connectivity index (χ4n) is 3.13. The average molecular weight is 413 g/mol. The molecular formula is C24H32N2O2S. The van der Waals surface area contributed by atoms with Crippen LogP contribution in [0.5, 0.6) is 0 Å².